The van der Waals surface area contributed by atoms with Gasteiger partial charge in [0.05, 0.1) is 30.7 Å². The van der Waals surface area contributed by atoms with Crippen molar-refractivity contribution in [3.05, 3.63) is 95.6 Å². The molecular weight excluding hydrogens is 468 g/mol. The smallest absolute Gasteiger partial charge is 0.240 e. The molecule has 0 saturated carbocycles. The van der Waals surface area contributed by atoms with Crippen LogP contribution in [-0.4, -0.2) is 42.6 Å². The van der Waals surface area contributed by atoms with E-state index < -0.39 is 29.8 Å². The average molecular weight is 493 g/mol. The molecule has 4 atom stereocenters. The largest absolute Gasteiger partial charge is 0.497 e. The Bertz CT molecular complexity index is 1470. The second-order valence-corrected chi connectivity index (χ2v) is 9.52. The van der Waals surface area contributed by atoms with Crippen LogP contribution in [0.25, 0.3) is 6.08 Å². The maximum absolute atomic E-state index is 14.0. The number of Topliss-reactive ketones (excluding diaryl/α,β-unsaturated/α-hetero) is 2. The number of anilines is 2. The number of benzene rings is 3. The minimum Gasteiger partial charge on any atom is -0.497 e. The Morgan fingerprint density at radius 1 is 0.811 bits per heavy atom. The van der Waals surface area contributed by atoms with Crippen molar-refractivity contribution in [3.63, 3.8) is 0 Å². The Labute approximate surface area is 213 Å². The molecule has 2 saturated heterocycles. The standard InChI is InChI=1S/C30H24N2O5/c1-17(33)18-7-12-21(13-8-18)31-29(35)25-24-16-11-19-5-3-4-6-23(19)32(24)27(26(25)30(31)36)28(34)20-9-14-22(37-2)15-10-20/h3-16,24-27H,1-2H3/t24-,25+,26-,27+/m1/s1. The number of carbonyl (C=O) groups is 4. The highest BCUT2D eigenvalue weighted by molar-refractivity contribution is 6.25. The van der Waals surface area contributed by atoms with E-state index in [9.17, 15) is 19.2 Å². The SMILES string of the molecule is COc1ccc(C(=O)[C@@H]2[C@@H]3C(=O)N(c4ccc(C(C)=O)cc4)C(=O)[C@H]3[C@H]3C=Cc4ccccc4N32)cc1. The Morgan fingerprint density at radius 2 is 1.46 bits per heavy atom. The van der Waals surface area contributed by atoms with E-state index in [1.165, 1.54) is 11.8 Å². The number of ketones is 2. The highest BCUT2D eigenvalue weighted by Gasteiger charge is 2.64. The number of fused-ring (bicyclic) bond motifs is 5. The van der Waals surface area contributed by atoms with Gasteiger partial charge in [-0.3, -0.25) is 19.2 Å². The Hall–Kier alpha value is -4.52. The van der Waals surface area contributed by atoms with Gasteiger partial charge in [-0.1, -0.05) is 30.4 Å². The molecule has 3 aromatic carbocycles. The lowest BCUT2D eigenvalue weighted by molar-refractivity contribution is -0.122. The first-order chi connectivity index (χ1) is 17.9. The topological polar surface area (TPSA) is 84.0 Å². The highest BCUT2D eigenvalue weighted by atomic mass is 16.5. The molecule has 3 aliphatic heterocycles. The number of methoxy groups -OCH3 is 1. The maximum atomic E-state index is 14.0. The van der Waals surface area contributed by atoms with E-state index in [1.807, 2.05) is 41.3 Å². The summed E-state index contributed by atoms with van der Waals surface area (Å²) in [5.41, 5.74) is 3.10. The normalized spacial score (nSPS) is 23.5. The zero-order chi connectivity index (χ0) is 25.8. The summed E-state index contributed by atoms with van der Waals surface area (Å²) in [6.45, 7) is 1.46. The summed E-state index contributed by atoms with van der Waals surface area (Å²) in [5, 5.41) is 0. The Morgan fingerprint density at radius 3 is 2.14 bits per heavy atom. The summed E-state index contributed by atoms with van der Waals surface area (Å²) in [5.74, 6) is -2.01. The van der Waals surface area contributed by atoms with E-state index in [0.29, 0.717) is 22.6 Å². The van der Waals surface area contributed by atoms with Crippen LogP contribution >= 0.6 is 0 Å². The third kappa shape index (κ3) is 3.42. The van der Waals surface area contributed by atoms with Gasteiger partial charge in [-0.05, 0) is 67.1 Å². The lowest BCUT2D eigenvalue weighted by Crippen LogP contribution is -2.48. The van der Waals surface area contributed by atoms with Crippen LogP contribution in [0, 0.1) is 11.8 Å². The molecule has 7 heteroatoms. The first kappa shape index (κ1) is 22.9. The lowest BCUT2D eigenvalue weighted by atomic mass is 9.86. The third-order valence-corrected chi connectivity index (χ3v) is 7.59. The van der Waals surface area contributed by atoms with Crippen molar-refractivity contribution < 1.29 is 23.9 Å². The molecule has 0 spiro atoms. The summed E-state index contributed by atoms with van der Waals surface area (Å²) in [7, 11) is 1.56. The maximum Gasteiger partial charge on any atom is 0.240 e. The molecule has 184 valence electrons. The fourth-order valence-corrected chi connectivity index (χ4v) is 5.84. The molecule has 0 aromatic heterocycles. The van der Waals surface area contributed by atoms with Gasteiger partial charge in [0.15, 0.2) is 11.6 Å². The minimum absolute atomic E-state index is 0.103. The number of hydrogen-bond acceptors (Lipinski definition) is 6. The summed E-state index contributed by atoms with van der Waals surface area (Å²) in [6, 6.07) is 19.6. The average Bonchev–Trinajstić information content (AvgIpc) is 3.41. The van der Waals surface area contributed by atoms with Crippen LogP contribution < -0.4 is 14.5 Å². The van der Waals surface area contributed by atoms with Crippen LogP contribution in [0.15, 0.2) is 78.9 Å². The van der Waals surface area contributed by atoms with Crippen molar-refractivity contribution in [3.8, 4) is 5.75 Å². The fourth-order valence-electron chi connectivity index (χ4n) is 5.84. The van der Waals surface area contributed by atoms with Crippen molar-refractivity contribution in [1.29, 1.82) is 0 Å². The van der Waals surface area contributed by atoms with Gasteiger partial charge in [0.1, 0.15) is 11.8 Å². The van der Waals surface area contributed by atoms with Crippen LogP contribution in [0.4, 0.5) is 11.4 Å². The number of ether oxygens (including phenoxy) is 1. The molecule has 0 N–H and O–H groups in total. The second-order valence-electron chi connectivity index (χ2n) is 9.52. The molecule has 0 unspecified atom stereocenters. The summed E-state index contributed by atoms with van der Waals surface area (Å²) in [4.78, 5) is 56.6. The van der Waals surface area contributed by atoms with E-state index in [1.54, 1.807) is 55.6 Å². The van der Waals surface area contributed by atoms with Crippen molar-refractivity contribution in [2.24, 2.45) is 11.8 Å². The number of imide groups is 1. The molecule has 2 fully saturated rings. The van der Waals surface area contributed by atoms with Crippen molar-refractivity contribution in [2.45, 2.75) is 19.0 Å². The van der Waals surface area contributed by atoms with Gasteiger partial charge < -0.3 is 9.64 Å². The molecular formula is C30H24N2O5. The second kappa shape index (κ2) is 8.55. The molecule has 7 nitrogen and oxygen atoms in total. The van der Waals surface area contributed by atoms with Crippen LogP contribution in [0.2, 0.25) is 0 Å². The zero-order valence-electron chi connectivity index (χ0n) is 20.3. The van der Waals surface area contributed by atoms with Gasteiger partial charge in [0.2, 0.25) is 11.8 Å². The van der Waals surface area contributed by atoms with E-state index >= 15 is 0 Å². The molecule has 3 heterocycles. The Balaban J connectivity index is 1.45. The Kier molecular flexibility index (Phi) is 5.30. The highest BCUT2D eigenvalue weighted by Crippen LogP contribution is 2.49. The lowest BCUT2D eigenvalue weighted by Gasteiger charge is -2.36. The van der Waals surface area contributed by atoms with Gasteiger partial charge in [0.25, 0.3) is 0 Å². The van der Waals surface area contributed by atoms with Gasteiger partial charge >= 0.3 is 0 Å². The van der Waals surface area contributed by atoms with Gasteiger partial charge in [-0.15, -0.1) is 0 Å². The number of carbonyl (C=O) groups excluding carboxylic acids is 4. The molecule has 0 bridgehead atoms. The first-order valence-electron chi connectivity index (χ1n) is 12.1. The van der Waals surface area contributed by atoms with E-state index in [-0.39, 0.29) is 17.5 Å². The fraction of sp³-hybridized carbons (Fsp3) is 0.200. The first-order valence-corrected chi connectivity index (χ1v) is 12.1. The molecule has 0 radical (unpaired) electrons. The van der Waals surface area contributed by atoms with Gasteiger partial charge in [-0.25, -0.2) is 4.90 Å². The molecule has 2 amide bonds. The molecule has 3 aliphatic rings. The van der Waals surface area contributed by atoms with Crippen LogP contribution in [0.3, 0.4) is 0 Å². The predicted octanol–water partition coefficient (Wildman–Crippen LogP) is 4.17. The number of hydrogen-bond donors (Lipinski definition) is 0. The number of para-hydroxylation sites is 1. The number of amides is 2. The monoisotopic (exact) mass is 492 g/mol. The summed E-state index contributed by atoms with van der Waals surface area (Å²) in [6.07, 6.45) is 3.88. The summed E-state index contributed by atoms with van der Waals surface area (Å²) < 4.78 is 5.24. The molecule has 3 aromatic rings. The number of rotatable bonds is 5. The minimum atomic E-state index is -0.854. The van der Waals surface area contributed by atoms with Crippen molar-refractivity contribution in [2.75, 3.05) is 16.9 Å². The van der Waals surface area contributed by atoms with E-state index in [0.717, 1.165) is 11.3 Å². The molecule has 0 aliphatic carbocycles. The van der Waals surface area contributed by atoms with Gasteiger partial charge in [-0.2, -0.15) is 0 Å². The molecule has 6 rings (SSSR count). The molecule has 37 heavy (non-hydrogen) atoms. The van der Waals surface area contributed by atoms with E-state index in [2.05, 4.69) is 0 Å². The van der Waals surface area contributed by atoms with Crippen molar-refractivity contribution in [1.82, 2.24) is 0 Å². The van der Waals surface area contributed by atoms with Crippen LogP contribution in [-0.2, 0) is 9.59 Å². The van der Waals surface area contributed by atoms with Crippen LogP contribution in [0.5, 0.6) is 5.75 Å². The van der Waals surface area contributed by atoms with Crippen LogP contribution in [0.1, 0.15) is 33.2 Å². The number of nitrogens with zero attached hydrogens (tertiary/aromatic N) is 2. The van der Waals surface area contributed by atoms with Gasteiger partial charge in [0, 0.05) is 16.8 Å². The predicted molar refractivity (Wildman–Crippen MR) is 139 cm³/mol. The van der Waals surface area contributed by atoms with Crippen molar-refractivity contribution >= 4 is 40.8 Å². The summed E-state index contributed by atoms with van der Waals surface area (Å²) >= 11 is 0. The van der Waals surface area contributed by atoms with E-state index in [4.69, 9.17) is 4.74 Å². The quantitative estimate of drug-likeness (QED) is 0.393. The third-order valence-electron chi connectivity index (χ3n) is 7.59. The zero-order valence-corrected chi connectivity index (χ0v) is 20.3.